The molecule has 1 aliphatic carbocycles. The van der Waals surface area contributed by atoms with Crippen molar-refractivity contribution in [3.05, 3.63) is 34.2 Å². The molecule has 1 aliphatic rings. The van der Waals surface area contributed by atoms with Crippen LogP contribution in [0, 0.1) is 0 Å². The summed E-state index contributed by atoms with van der Waals surface area (Å²) in [5.74, 6) is -0.837. The van der Waals surface area contributed by atoms with Crippen LogP contribution in [0.5, 0.6) is 0 Å². The van der Waals surface area contributed by atoms with E-state index < -0.39 is 23.2 Å². The fourth-order valence-corrected chi connectivity index (χ4v) is 1.45. The van der Waals surface area contributed by atoms with Gasteiger partial charge in [-0.05, 0) is 18.9 Å². The van der Waals surface area contributed by atoms with E-state index in [0.717, 1.165) is 12.3 Å². The number of carbonyl (C=O) groups is 1. The monoisotopic (exact) mass is 246 g/mol. The minimum absolute atomic E-state index is 0.000116. The number of alkyl halides is 3. The lowest BCUT2D eigenvalue weighted by Gasteiger charge is -2.20. The maximum atomic E-state index is 12.6. The summed E-state index contributed by atoms with van der Waals surface area (Å²) in [7, 11) is 0. The van der Waals surface area contributed by atoms with E-state index in [1.54, 1.807) is 0 Å². The number of pyridine rings is 1. The maximum absolute atomic E-state index is 12.6. The Hall–Kier alpha value is -1.79. The van der Waals surface area contributed by atoms with E-state index in [-0.39, 0.29) is 18.4 Å². The van der Waals surface area contributed by atoms with Crippen molar-refractivity contribution in [1.82, 2.24) is 10.3 Å². The van der Waals surface area contributed by atoms with Gasteiger partial charge in [0.25, 0.3) is 5.91 Å². The Balaban J connectivity index is 2.13. The molecule has 0 saturated heterocycles. The van der Waals surface area contributed by atoms with E-state index >= 15 is 0 Å². The molecule has 2 rings (SSSR count). The van der Waals surface area contributed by atoms with Crippen molar-refractivity contribution < 1.29 is 18.0 Å². The Kier molecular flexibility index (Phi) is 2.48. The molecule has 0 atom stereocenters. The lowest BCUT2D eigenvalue weighted by Crippen LogP contribution is -2.47. The van der Waals surface area contributed by atoms with Gasteiger partial charge in [0.2, 0.25) is 5.56 Å². The number of aromatic amines is 1. The first-order valence-electron chi connectivity index (χ1n) is 4.92. The van der Waals surface area contributed by atoms with Crippen LogP contribution in [0.25, 0.3) is 0 Å². The number of halogens is 3. The fraction of sp³-hybridized carbons (Fsp3) is 0.400. The Morgan fingerprint density at radius 3 is 2.41 bits per heavy atom. The molecular formula is C10H9F3N2O2. The third kappa shape index (κ3) is 2.17. The van der Waals surface area contributed by atoms with Crippen LogP contribution < -0.4 is 10.9 Å². The van der Waals surface area contributed by atoms with Gasteiger partial charge in [-0.25, -0.2) is 0 Å². The third-order valence-corrected chi connectivity index (χ3v) is 2.69. The summed E-state index contributed by atoms with van der Waals surface area (Å²) < 4.78 is 37.7. The van der Waals surface area contributed by atoms with Crippen molar-refractivity contribution in [1.29, 1.82) is 0 Å². The van der Waals surface area contributed by atoms with Crippen LogP contribution >= 0.6 is 0 Å². The molecule has 7 heteroatoms. The largest absolute Gasteiger partial charge is 0.411 e. The number of hydrogen-bond acceptors (Lipinski definition) is 2. The van der Waals surface area contributed by atoms with Crippen LogP contribution in [0.2, 0.25) is 0 Å². The molecule has 0 unspecified atom stereocenters. The Morgan fingerprint density at radius 2 is 2.00 bits per heavy atom. The zero-order valence-corrected chi connectivity index (χ0v) is 8.60. The Morgan fingerprint density at radius 1 is 1.35 bits per heavy atom. The summed E-state index contributed by atoms with van der Waals surface area (Å²) in [4.78, 5) is 24.5. The van der Waals surface area contributed by atoms with Gasteiger partial charge in [0.05, 0.1) is 5.56 Å². The van der Waals surface area contributed by atoms with Crippen molar-refractivity contribution in [2.24, 2.45) is 0 Å². The smallest absolute Gasteiger partial charge is 0.338 e. The quantitative estimate of drug-likeness (QED) is 0.823. The topological polar surface area (TPSA) is 62.0 Å². The third-order valence-electron chi connectivity index (χ3n) is 2.69. The second-order valence-electron chi connectivity index (χ2n) is 3.98. The Bertz CT molecular complexity index is 483. The zero-order valence-electron chi connectivity index (χ0n) is 8.60. The molecule has 2 N–H and O–H groups in total. The number of rotatable bonds is 2. The highest BCUT2D eigenvalue weighted by Gasteiger charge is 2.64. The van der Waals surface area contributed by atoms with Gasteiger partial charge in [0, 0.05) is 12.3 Å². The van der Waals surface area contributed by atoms with Crippen molar-refractivity contribution in [2.45, 2.75) is 24.6 Å². The highest BCUT2D eigenvalue weighted by atomic mass is 19.4. The van der Waals surface area contributed by atoms with Crippen molar-refractivity contribution in [3.8, 4) is 0 Å². The maximum Gasteiger partial charge on any atom is 0.411 e. The lowest BCUT2D eigenvalue weighted by atomic mass is 10.2. The predicted molar refractivity (Wildman–Crippen MR) is 52.5 cm³/mol. The zero-order chi connectivity index (χ0) is 12.7. The molecule has 17 heavy (non-hydrogen) atoms. The standard InChI is InChI=1S/C10H9F3N2O2/c11-10(12,13)9(3-4-9)15-8(17)6-1-2-7(16)14-5-6/h1-2,5H,3-4H2,(H,14,16)(H,15,17). The van der Waals surface area contributed by atoms with Gasteiger partial charge in [-0.15, -0.1) is 0 Å². The first-order chi connectivity index (χ1) is 7.84. The van der Waals surface area contributed by atoms with Gasteiger partial charge in [0.15, 0.2) is 0 Å². The van der Waals surface area contributed by atoms with E-state index in [2.05, 4.69) is 4.98 Å². The van der Waals surface area contributed by atoms with Crippen LogP contribution in [0.1, 0.15) is 23.2 Å². The molecule has 0 bridgehead atoms. The normalized spacial score (nSPS) is 17.6. The average Bonchev–Trinajstić information content (AvgIpc) is 2.98. The summed E-state index contributed by atoms with van der Waals surface area (Å²) in [6.07, 6.45) is -3.56. The molecule has 92 valence electrons. The molecule has 1 aromatic heterocycles. The van der Waals surface area contributed by atoms with E-state index in [1.165, 1.54) is 6.07 Å². The van der Waals surface area contributed by atoms with Gasteiger partial charge in [-0.3, -0.25) is 9.59 Å². The van der Waals surface area contributed by atoms with Crippen LogP contribution in [0.15, 0.2) is 23.1 Å². The highest BCUT2D eigenvalue weighted by molar-refractivity contribution is 5.94. The molecule has 0 spiro atoms. The molecule has 1 heterocycles. The fourth-order valence-electron chi connectivity index (χ4n) is 1.45. The number of nitrogens with one attached hydrogen (secondary N) is 2. The highest BCUT2D eigenvalue weighted by Crippen LogP contribution is 2.48. The first kappa shape index (κ1) is 11.7. The number of H-pyrrole nitrogens is 1. The Labute approximate surface area is 93.8 Å². The molecule has 1 fully saturated rings. The van der Waals surface area contributed by atoms with Crippen LogP contribution in [0.4, 0.5) is 13.2 Å². The predicted octanol–water partition coefficient (Wildman–Crippen LogP) is 1.20. The number of aromatic nitrogens is 1. The summed E-state index contributed by atoms with van der Waals surface area (Å²) in [5.41, 5.74) is -2.50. The number of carbonyl (C=O) groups excluding carboxylic acids is 1. The van der Waals surface area contributed by atoms with E-state index in [9.17, 15) is 22.8 Å². The molecule has 1 aromatic rings. The van der Waals surface area contributed by atoms with Gasteiger partial charge >= 0.3 is 6.18 Å². The van der Waals surface area contributed by atoms with Gasteiger partial charge < -0.3 is 10.3 Å². The lowest BCUT2D eigenvalue weighted by molar-refractivity contribution is -0.163. The van der Waals surface area contributed by atoms with E-state index in [1.807, 2.05) is 5.32 Å². The van der Waals surface area contributed by atoms with Gasteiger partial charge in [-0.2, -0.15) is 13.2 Å². The number of amides is 1. The second-order valence-corrected chi connectivity index (χ2v) is 3.98. The van der Waals surface area contributed by atoms with E-state index in [0.29, 0.717) is 0 Å². The second kappa shape index (κ2) is 3.61. The minimum Gasteiger partial charge on any atom is -0.338 e. The molecule has 1 amide bonds. The molecule has 0 radical (unpaired) electrons. The van der Waals surface area contributed by atoms with Crippen LogP contribution in [-0.2, 0) is 0 Å². The number of hydrogen-bond donors (Lipinski definition) is 2. The average molecular weight is 246 g/mol. The van der Waals surface area contributed by atoms with Crippen LogP contribution in [-0.4, -0.2) is 22.6 Å². The molecule has 4 nitrogen and oxygen atoms in total. The van der Waals surface area contributed by atoms with Gasteiger partial charge in [-0.1, -0.05) is 0 Å². The summed E-state index contributed by atoms with van der Waals surface area (Å²) in [6.45, 7) is 0. The van der Waals surface area contributed by atoms with Crippen LogP contribution in [0.3, 0.4) is 0 Å². The summed E-state index contributed by atoms with van der Waals surface area (Å²) in [5, 5.41) is 1.96. The van der Waals surface area contributed by atoms with Gasteiger partial charge in [0.1, 0.15) is 5.54 Å². The summed E-state index contributed by atoms with van der Waals surface area (Å²) in [6, 6.07) is 2.27. The first-order valence-corrected chi connectivity index (χ1v) is 4.92. The van der Waals surface area contributed by atoms with E-state index in [4.69, 9.17) is 0 Å². The van der Waals surface area contributed by atoms with Crippen molar-refractivity contribution in [2.75, 3.05) is 0 Å². The SMILES string of the molecule is O=C(NC1(C(F)(F)F)CC1)c1ccc(=O)[nH]c1. The summed E-state index contributed by atoms with van der Waals surface area (Å²) >= 11 is 0. The minimum atomic E-state index is -4.44. The van der Waals surface area contributed by atoms with Crippen molar-refractivity contribution in [3.63, 3.8) is 0 Å². The molecule has 1 saturated carbocycles. The molecule has 0 aromatic carbocycles. The molecular weight excluding hydrogens is 237 g/mol. The van der Waals surface area contributed by atoms with Crippen molar-refractivity contribution >= 4 is 5.91 Å². The molecule has 0 aliphatic heterocycles.